The maximum Gasteiger partial charge on any atom is 0.0319 e. The maximum absolute atomic E-state index is 8.12. The highest BCUT2D eigenvalue weighted by Crippen LogP contribution is 2.21. The molecule has 72 valence electrons. The molecule has 0 aliphatic heterocycles. The Balaban J connectivity index is 3.24. The van der Waals surface area contributed by atoms with Crippen LogP contribution in [0.15, 0.2) is 24.3 Å². The average Bonchev–Trinajstić information content (AvgIpc) is 2.17. The summed E-state index contributed by atoms with van der Waals surface area (Å²) >= 11 is 0. The second-order valence-corrected chi connectivity index (χ2v) is 4.04. The number of hydrogen-bond donors (Lipinski definition) is 0. The molecule has 0 aromatic heterocycles. The largest absolute Gasteiger partial charge is 0.0625 e. The van der Waals surface area contributed by atoms with Gasteiger partial charge in [0.05, 0.1) is 0 Å². The first-order valence-corrected chi connectivity index (χ1v) is 4.96. The minimum atomic E-state index is -1.24. The van der Waals surface area contributed by atoms with E-state index in [1.807, 2.05) is 38.1 Å². The van der Waals surface area contributed by atoms with Gasteiger partial charge in [0.2, 0.25) is 0 Å². The van der Waals surface area contributed by atoms with Crippen molar-refractivity contribution >= 4 is 0 Å². The summed E-state index contributed by atoms with van der Waals surface area (Å²) in [6, 6.07) is 7.84. The summed E-state index contributed by atoms with van der Waals surface area (Å²) in [5, 5.41) is 0. The summed E-state index contributed by atoms with van der Waals surface area (Å²) < 4.78 is 16.2. The van der Waals surface area contributed by atoms with Gasteiger partial charge in [0.25, 0.3) is 0 Å². The van der Waals surface area contributed by atoms with Crippen molar-refractivity contribution < 1.29 is 2.74 Å². The molecule has 0 spiro atoms. The van der Waals surface area contributed by atoms with Crippen LogP contribution in [-0.4, -0.2) is 0 Å². The van der Waals surface area contributed by atoms with Gasteiger partial charge in [-0.05, 0) is 29.3 Å². The van der Waals surface area contributed by atoms with Gasteiger partial charge in [-0.1, -0.05) is 52.0 Å². The minimum absolute atomic E-state index is 0.00241. The van der Waals surface area contributed by atoms with Gasteiger partial charge in [-0.15, -0.1) is 0 Å². The van der Waals surface area contributed by atoms with E-state index in [1.165, 1.54) is 0 Å². The summed E-state index contributed by atoms with van der Waals surface area (Å²) in [6.07, 6.45) is -1.24. The summed E-state index contributed by atoms with van der Waals surface area (Å²) in [7, 11) is 0. The van der Waals surface area contributed by atoms with Gasteiger partial charge < -0.3 is 0 Å². The zero-order valence-corrected chi connectivity index (χ0v) is 8.96. The predicted molar refractivity (Wildman–Crippen MR) is 59.1 cm³/mol. The van der Waals surface area contributed by atoms with Gasteiger partial charge >= 0.3 is 0 Å². The van der Waals surface area contributed by atoms with Crippen LogP contribution in [0.4, 0.5) is 0 Å². The lowest BCUT2D eigenvalue weighted by Crippen LogP contribution is -2.00. The van der Waals surface area contributed by atoms with E-state index in [2.05, 4.69) is 13.8 Å². The van der Waals surface area contributed by atoms with Crippen LogP contribution in [-0.2, 0) is 6.37 Å². The van der Waals surface area contributed by atoms with Crippen molar-refractivity contribution in [1.82, 2.24) is 0 Å². The fourth-order valence-corrected chi connectivity index (χ4v) is 1.44. The molecule has 0 saturated carbocycles. The minimum Gasteiger partial charge on any atom is -0.0625 e. The lowest BCUT2D eigenvalue weighted by Gasteiger charge is -2.13. The van der Waals surface area contributed by atoms with Gasteiger partial charge in [0.1, 0.15) is 0 Å². The van der Waals surface area contributed by atoms with E-state index in [4.69, 9.17) is 2.74 Å². The molecular weight excluding hydrogens is 156 g/mol. The number of rotatable bonds is 3. The molecule has 13 heavy (non-hydrogen) atoms. The molecule has 0 amide bonds. The van der Waals surface area contributed by atoms with Gasteiger partial charge in [-0.25, -0.2) is 0 Å². The van der Waals surface area contributed by atoms with Crippen LogP contribution < -0.4 is 0 Å². The first-order chi connectivity index (χ1) is 6.87. The fourth-order valence-electron chi connectivity index (χ4n) is 1.44. The van der Waals surface area contributed by atoms with E-state index in [9.17, 15) is 0 Å². The van der Waals surface area contributed by atoms with Gasteiger partial charge in [-0.2, -0.15) is 0 Å². The van der Waals surface area contributed by atoms with Crippen molar-refractivity contribution in [2.75, 3.05) is 0 Å². The lowest BCUT2D eigenvalue weighted by atomic mass is 9.92. The Labute approximate surface area is 84.8 Å². The normalized spacial score (nSPS) is 14.6. The Morgan fingerprint density at radius 1 is 1.15 bits per heavy atom. The Hall–Kier alpha value is -0.780. The van der Waals surface area contributed by atoms with Crippen LogP contribution in [0.1, 0.15) is 47.5 Å². The van der Waals surface area contributed by atoms with Crippen molar-refractivity contribution in [1.29, 1.82) is 0 Å². The number of benzene rings is 1. The molecule has 0 radical (unpaired) electrons. The third-order valence-electron chi connectivity index (χ3n) is 2.03. The molecule has 0 bridgehead atoms. The van der Waals surface area contributed by atoms with Crippen LogP contribution in [0, 0.1) is 5.92 Å². The molecule has 0 nitrogen and oxygen atoms in total. The van der Waals surface area contributed by atoms with E-state index >= 15 is 0 Å². The lowest BCUT2D eigenvalue weighted by molar-refractivity contribution is 0.638. The quantitative estimate of drug-likeness (QED) is 0.656. The first-order valence-electron chi connectivity index (χ1n) is 5.96. The van der Waals surface area contributed by atoms with Gasteiger partial charge in [0.15, 0.2) is 0 Å². The van der Waals surface area contributed by atoms with Crippen LogP contribution in [0.5, 0.6) is 0 Å². The Bertz CT molecular complexity index is 327. The molecule has 0 N–H and O–H groups in total. The smallest absolute Gasteiger partial charge is 0.0319 e. The molecule has 0 heterocycles. The summed E-state index contributed by atoms with van der Waals surface area (Å²) in [5.41, 5.74) is 1.96. The Kier molecular flexibility index (Phi) is 2.61. The highest BCUT2D eigenvalue weighted by molar-refractivity contribution is 5.29. The zero-order chi connectivity index (χ0) is 11.6. The molecule has 1 aromatic carbocycles. The summed E-state index contributed by atoms with van der Waals surface area (Å²) in [6.45, 7) is 8.07. The van der Waals surface area contributed by atoms with Crippen LogP contribution in [0.25, 0.3) is 0 Å². The van der Waals surface area contributed by atoms with Crippen LogP contribution in [0.2, 0.25) is 0 Å². The molecule has 0 aliphatic rings. The third kappa shape index (κ3) is 2.87. The Morgan fingerprint density at radius 3 is 2.31 bits per heavy atom. The second kappa shape index (κ2) is 4.45. The second-order valence-electron chi connectivity index (χ2n) is 4.04. The molecule has 0 atom stereocenters. The summed E-state index contributed by atoms with van der Waals surface area (Å²) in [4.78, 5) is 0. The molecule has 0 unspecified atom stereocenters. The monoisotopic (exact) mass is 178 g/mol. The van der Waals surface area contributed by atoms with Crippen molar-refractivity contribution in [2.45, 2.75) is 40.0 Å². The van der Waals surface area contributed by atoms with Crippen molar-refractivity contribution in [3.63, 3.8) is 0 Å². The van der Waals surface area contributed by atoms with E-state index in [1.54, 1.807) is 0 Å². The molecule has 1 aromatic rings. The highest BCUT2D eigenvalue weighted by Gasteiger charge is 2.06. The molecule has 0 saturated heterocycles. The standard InChI is InChI=1S/C13H20/c1-10(2)9-12-7-5-6-8-13(12)11(3)4/h5-8,10-11H,9H2,1-4H3/i9D2. The molecule has 0 fully saturated rings. The first kappa shape index (κ1) is 7.61. The molecule has 1 rings (SSSR count). The van der Waals surface area contributed by atoms with E-state index in [-0.39, 0.29) is 5.92 Å². The average molecular weight is 178 g/mol. The molecule has 0 aliphatic carbocycles. The summed E-state index contributed by atoms with van der Waals surface area (Å²) in [5.74, 6) is 0.368. The van der Waals surface area contributed by atoms with Crippen LogP contribution in [0.3, 0.4) is 0 Å². The highest BCUT2D eigenvalue weighted by atomic mass is 14.1. The van der Waals surface area contributed by atoms with Crippen molar-refractivity contribution in [2.24, 2.45) is 5.92 Å². The van der Waals surface area contributed by atoms with E-state index in [0.29, 0.717) is 5.92 Å². The van der Waals surface area contributed by atoms with E-state index < -0.39 is 6.37 Å². The fraction of sp³-hybridized carbons (Fsp3) is 0.538. The van der Waals surface area contributed by atoms with Crippen LogP contribution >= 0.6 is 0 Å². The Morgan fingerprint density at radius 2 is 1.77 bits per heavy atom. The van der Waals surface area contributed by atoms with Gasteiger partial charge in [-0.3, -0.25) is 0 Å². The predicted octanol–water partition coefficient (Wildman–Crippen LogP) is 4.01. The van der Waals surface area contributed by atoms with Crippen molar-refractivity contribution in [3.8, 4) is 0 Å². The zero-order valence-electron chi connectivity index (χ0n) is 11.0. The maximum atomic E-state index is 8.12. The molecule has 0 heteroatoms. The molecular formula is C13H20. The van der Waals surface area contributed by atoms with E-state index in [0.717, 1.165) is 11.1 Å². The van der Waals surface area contributed by atoms with Gasteiger partial charge in [0, 0.05) is 2.74 Å². The van der Waals surface area contributed by atoms with Crippen molar-refractivity contribution in [3.05, 3.63) is 35.4 Å². The third-order valence-corrected chi connectivity index (χ3v) is 2.03. The number of hydrogen-bond acceptors (Lipinski definition) is 0. The topological polar surface area (TPSA) is 0 Å². The SMILES string of the molecule is [2H]C([2H])(c1ccccc1C(C)C)C(C)C.